The van der Waals surface area contributed by atoms with Crippen LogP contribution < -0.4 is 0 Å². The predicted molar refractivity (Wildman–Crippen MR) is 88.0 cm³/mol. The first-order valence-corrected chi connectivity index (χ1v) is 8.80. The summed E-state index contributed by atoms with van der Waals surface area (Å²) < 4.78 is 5.31. The summed E-state index contributed by atoms with van der Waals surface area (Å²) in [4.78, 5) is 15.5. The molecule has 0 aliphatic carbocycles. The molecule has 1 heterocycles. The van der Waals surface area contributed by atoms with Gasteiger partial charge in [0.25, 0.3) is 0 Å². The van der Waals surface area contributed by atoms with E-state index in [4.69, 9.17) is 4.74 Å². The third-order valence-electron chi connectivity index (χ3n) is 3.67. The van der Waals surface area contributed by atoms with Crippen LogP contribution in [0.25, 0.3) is 0 Å². The first kappa shape index (κ1) is 16.5. The van der Waals surface area contributed by atoms with Crippen molar-refractivity contribution >= 4 is 17.5 Å². The third-order valence-corrected chi connectivity index (χ3v) is 4.74. The summed E-state index contributed by atoms with van der Waals surface area (Å²) in [7, 11) is 0. The van der Waals surface area contributed by atoms with Gasteiger partial charge in [-0.3, -0.25) is 9.69 Å². The fourth-order valence-electron chi connectivity index (χ4n) is 2.38. The maximum atomic E-state index is 11.9. The van der Waals surface area contributed by atoms with E-state index < -0.39 is 0 Å². The Balaban J connectivity index is 1.65. The summed E-state index contributed by atoms with van der Waals surface area (Å²) in [5.74, 6) is 0.918. The van der Waals surface area contributed by atoms with Gasteiger partial charge >= 0.3 is 0 Å². The molecule has 0 atom stereocenters. The number of Topliss-reactive ketones (excluding diaryl/α,β-unsaturated/α-hetero) is 1. The SMILES string of the molecule is CCCc1ccc(SCC(=O)CCN2CCOCC2)cc1. The van der Waals surface area contributed by atoms with Gasteiger partial charge in [-0.05, 0) is 24.1 Å². The zero-order valence-electron chi connectivity index (χ0n) is 12.8. The molecule has 1 aromatic carbocycles. The molecule has 0 N–H and O–H groups in total. The molecular weight excluding hydrogens is 282 g/mol. The lowest BCUT2D eigenvalue weighted by molar-refractivity contribution is -0.117. The van der Waals surface area contributed by atoms with Gasteiger partial charge in [0.2, 0.25) is 0 Å². The minimum absolute atomic E-state index is 0.337. The van der Waals surface area contributed by atoms with Crippen LogP contribution in [0.15, 0.2) is 29.2 Å². The topological polar surface area (TPSA) is 29.5 Å². The third kappa shape index (κ3) is 6.20. The summed E-state index contributed by atoms with van der Waals surface area (Å²) in [6, 6.07) is 8.60. The summed E-state index contributed by atoms with van der Waals surface area (Å²) in [5, 5.41) is 0. The van der Waals surface area contributed by atoms with Gasteiger partial charge in [-0.15, -0.1) is 11.8 Å². The fraction of sp³-hybridized carbons (Fsp3) is 0.588. The minimum atomic E-state index is 0.337. The van der Waals surface area contributed by atoms with Crippen molar-refractivity contribution in [3.8, 4) is 0 Å². The largest absolute Gasteiger partial charge is 0.379 e. The second kappa shape index (κ2) is 9.23. The van der Waals surface area contributed by atoms with Crippen molar-refractivity contribution < 1.29 is 9.53 Å². The molecule has 1 saturated heterocycles. The van der Waals surface area contributed by atoms with Crippen molar-refractivity contribution in [1.82, 2.24) is 4.90 Å². The average molecular weight is 307 g/mol. The maximum Gasteiger partial charge on any atom is 0.144 e. The van der Waals surface area contributed by atoms with Crippen molar-refractivity contribution in [3.63, 3.8) is 0 Å². The van der Waals surface area contributed by atoms with Crippen LogP contribution in [0.1, 0.15) is 25.3 Å². The molecule has 116 valence electrons. The Kier molecular flexibility index (Phi) is 7.27. The Morgan fingerprint density at radius 3 is 2.62 bits per heavy atom. The molecule has 0 aromatic heterocycles. The monoisotopic (exact) mass is 307 g/mol. The number of ether oxygens (including phenoxy) is 1. The highest BCUT2D eigenvalue weighted by Crippen LogP contribution is 2.19. The van der Waals surface area contributed by atoms with Crippen LogP contribution >= 0.6 is 11.8 Å². The number of benzene rings is 1. The van der Waals surface area contributed by atoms with Crippen LogP contribution in [0.4, 0.5) is 0 Å². The van der Waals surface area contributed by atoms with Crippen molar-refractivity contribution in [2.45, 2.75) is 31.1 Å². The molecule has 2 rings (SSSR count). The number of thioether (sulfide) groups is 1. The van der Waals surface area contributed by atoms with Crippen molar-refractivity contribution in [1.29, 1.82) is 0 Å². The molecule has 1 aliphatic heterocycles. The molecule has 0 bridgehead atoms. The normalized spacial score (nSPS) is 16.0. The number of ketones is 1. The summed E-state index contributed by atoms with van der Waals surface area (Å²) >= 11 is 1.65. The zero-order valence-corrected chi connectivity index (χ0v) is 13.7. The average Bonchev–Trinajstić information content (AvgIpc) is 2.53. The minimum Gasteiger partial charge on any atom is -0.379 e. The van der Waals surface area contributed by atoms with E-state index in [0.29, 0.717) is 18.0 Å². The highest BCUT2D eigenvalue weighted by atomic mass is 32.2. The number of hydrogen-bond acceptors (Lipinski definition) is 4. The van der Waals surface area contributed by atoms with Gasteiger partial charge in [0, 0.05) is 31.0 Å². The van der Waals surface area contributed by atoms with Crippen molar-refractivity contribution in [2.75, 3.05) is 38.6 Å². The Morgan fingerprint density at radius 2 is 1.95 bits per heavy atom. The molecule has 0 radical (unpaired) electrons. The Morgan fingerprint density at radius 1 is 1.24 bits per heavy atom. The molecule has 4 heteroatoms. The number of morpholine rings is 1. The van der Waals surface area contributed by atoms with Gasteiger partial charge < -0.3 is 4.74 Å². The number of carbonyl (C=O) groups excluding carboxylic acids is 1. The fourth-order valence-corrected chi connectivity index (χ4v) is 3.19. The number of nitrogens with zero attached hydrogens (tertiary/aromatic N) is 1. The van der Waals surface area contributed by atoms with Crippen molar-refractivity contribution in [3.05, 3.63) is 29.8 Å². The van der Waals surface area contributed by atoms with Crippen LogP contribution in [0.2, 0.25) is 0 Å². The van der Waals surface area contributed by atoms with Crippen LogP contribution in [-0.4, -0.2) is 49.3 Å². The molecule has 1 aromatic rings. The number of hydrogen-bond donors (Lipinski definition) is 0. The molecule has 3 nitrogen and oxygen atoms in total. The van der Waals surface area contributed by atoms with Gasteiger partial charge in [0.05, 0.1) is 19.0 Å². The van der Waals surface area contributed by atoms with Crippen LogP contribution in [0.5, 0.6) is 0 Å². The Bertz CT molecular complexity index is 427. The smallest absolute Gasteiger partial charge is 0.144 e. The van der Waals surface area contributed by atoms with Crippen LogP contribution in [-0.2, 0) is 16.0 Å². The lowest BCUT2D eigenvalue weighted by atomic mass is 10.1. The molecule has 0 unspecified atom stereocenters. The van der Waals surface area contributed by atoms with E-state index in [1.807, 2.05) is 0 Å². The van der Waals surface area contributed by atoms with Crippen LogP contribution in [0.3, 0.4) is 0 Å². The lowest BCUT2D eigenvalue weighted by Gasteiger charge is -2.26. The molecular formula is C17H25NO2S. The first-order chi connectivity index (χ1) is 10.3. The zero-order chi connectivity index (χ0) is 14.9. The Hall–Kier alpha value is -0.840. The highest BCUT2D eigenvalue weighted by Gasteiger charge is 2.12. The van der Waals surface area contributed by atoms with Gasteiger partial charge in [0.15, 0.2) is 0 Å². The molecule has 21 heavy (non-hydrogen) atoms. The second-order valence-electron chi connectivity index (χ2n) is 5.43. The molecule has 0 spiro atoms. The molecule has 0 amide bonds. The van der Waals surface area contributed by atoms with E-state index in [2.05, 4.69) is 36.1 Å². The van der Waals surface area contributed by atoms with E-state index >= 15 is 0 Å². The standard InChI is InChI=1S/C17H25NO2S/c1-2-3-15-4-6-17(7-5-15)21-14-16(19)8-9-18-10-12-20-13-11-18/h4-7H,2-3,8-14H2,1H3. The van der Waals surface area contributed by atoms with E-state index in [9.17, 15) is 4.79 Å². The van der Waals surface area contributed by atoms with E-state index in [1.165, 1.54) is 16.9 Å². The number of rotatable bonds is 8. The van der Waals surface area contributed by atoms with E-state index in [0.717, 1.165) is 39.3 Å². The summed E-state index contributed by atoms with van der Waals surface area (Å²) in [6.07, 6.45) is 2.96. The number of carbonyl (C=O) groups is 1. The molecule has 1 fully saturated rings. The Labute approximate surface area is 132 Å². The van der Waals surface area contributed by atoms with Crippen molar-refractivity contribution in [2.24, 2.45) is 0 Å². The van der Waals surface area contributed by atoms with E-state index in [-0.39, 0.29) is 0 Å². The maximum absolute atomic E-state index is 11.9. The predicted octanol–water partition coefficient (Wildman–Crippen LogP) is 3.02. The second-order valence-corrected chi connectivity index (χ2v) is 6.47. The van der Waals surface area contributed by atoms with Gasteiger partial charge in [-0.1, -0.05) is 25.5 Å². The quantitative estimate of drug-likeness (QED) is 0.691. The highest BCUT2D eigenvalue weighted by molar-refractivity contribution is 8.00. The van der Waals surface area contributed by atoms with Crippen LogP contribution in [0, 0.1) is 0 Å². The molecule has 1 aliphatic rings. The number of aryl methyl sites for hydroxylation is 1. The lowest BCUT2D eigenvalue weighted by Crippen LogP contribution is -2.37. The van der Waals surface area contributed by atoms with Gasteiger partial charge in [0.1, 0.15) is 5.78 Å². The van der Waals surface area contributed by atoms with E-state index in [1.54, 1.807) is 11.8 Å². The summed E-state index contributed by atoms with van der Waals surface area (Å²) in [5.41, 5.74) is 1.38. The first-order valence-electron chi connectivity index (χ1n) is 7.81. The summed E-state index contributed by atoms with van der Waals surface area (Å²) in [6.45, 7) is 6.58. The van der Waals surface area contributed by atoms with Gasteiger partial charge in [-0.2, -0.15) is 0 Å². The van der Waals surface area contributed by atoms with Gasteiger partial charge in [-0.25, -0.2) is 0 Å². The molecule has 0 saturated carbocycles.